The number of nitrogens with zero attached hydrogens (tertiary/aromatic N) is 3. The quantitative estimate of drug-likeness (QED) is 0.638. The van der Waals surface area contributed by atoms with Crippen LogP contribution in [0.15, 0.2) is 45.7 Å². The fourth-order valence-corrected chi connectivity index (χ4v) is 2.54. The normalized spacial score (nSPS) is 12.6. The molecule has 0 saturated heterocycles. The largest absolute Gasteiger partial charge is 0.486 e. The number of benzene rings is 1. The van der Waals surface area contributed by atoms with Gasteiger partial charge in [0, 0.05) is 24.7 Å². The van der Waals surface area contributed by atoms with Crippen LogP contribution in [-0.2, 0) is 18.4 Å². The van der Waals surface area contributed by atoms with Crippen LogP contribution in [0.1, 0.15) is 16.2 Å². The molecule has 0 spiro atoms. The Labute approximate surface area is 153 Å². The highest BCUT2D eigenvalue weighted by atomic mass is 16.6. The fraction of sp³-hybridized carbons (Fsp3) is 0.222. The summed E-state index contributed by atoms with van der Waals surface area (Å²) < 4.78 is 22.6. The summed E-state index contributed by atoms with van der Waals surface area (Å²) >= 11 is 0. The molecular weight excluding hydrogens is 354 g/mol. The molecule has 0 bridgehead atoms. The molecule has 0 unspecified atom stereocenters. The monoisotopic (exact) mass is 369 g/mol. The molecule has 138 valence electrons. The minimum atomic E-state index is -0.658. The second-order valence-electron chi connectivity index (χ2n) is 5.80. The number of esters is 1. The number of rotatable bonds is 4. The first-order chi connectivity index (χ1) is 13.1. The second-order valence-corrected chi connectivity index (χ2v) is 5.80. The molecule has 1 aromatic carbocycles. The summed E-state index contributed by atoms with van der Waals surface area (Å²) in [6, 6.07) is 9.68. The van der Waals surface area contributed by atoms with Gasteiger partial charge in [0.05, 0.1) is 0 Å². The van der Waals surface area contributed by atoms with Crippen molar-refractivity contribution >= 4 is 5.97 Å². The van der Waals surface area contributed by atoms with E-state index in [4.69, 9.17) is 18.7 Å². The van der Waals surface area contributed by atoms with E-state index in [-0.39, 0.29) is 17.9 Å². The van der Waals surface area contributed by atoms with Crippen LogP contribution in [0.2, 0.25) is 0 Å². The Hall–Kier alpha value is -3.62. The number of carbonyl (C=O) groups is 1. The Morgan fingerprint density at radius 3 is 2.78 bits per heavy atom. The van der Waals surface area contributed by atoms with Crippen molar-refractivity contribution in [1.82, 2.24) is 14.9 Å². The van der Waals surface area contributed by atoms with Gasteiger partial charge in [0.1, 0.15) is 25.5 Å². The SMILES string of the molecule is Cn1nc(C(=O)OCc2cc(-c3ccc4c(c3)OCCO4)on2)ccc1=O. The highest BCUT2D eigenvalue weighted by Gasteiger charge is 2.16. The summed E-state index contributed by atoms with van der Waals surface area (Å²) in [7, 11) is 1.45. The van der Waals surface area contributed by atoms with E-state index in [0.29, 0.717) is 36.2 Å². The Balaban J connectivity index is 1.44. The molecule has 4 rings (SSSR count). The van der Waals surface area contributed by atoms with Crippen LogP contribution in [0.4, 0.5) is 0 Å². The first kappa shape index (κ1) is 16.8. The molecule has 1 aliphatic heterocycles. The number of hydrogen-bond donors (Lipinski definition) is 0. The maximum Gasteiger partial charge on any atom is 0.359 e. The number of fused-ring (bicyclic) bond motifs is 1. The Morgan fingerprint density at radius 2 is 1.96 bits per heavy atom. The zero-order valence-electron chi connectivity index (χ0n) is 14.4. The summed E-state index contributed by atoms with van der Waals surface area (Å²) in [4.78, 5) is 23.3. The molecule has 0 aliphatic carbocycles. The molecule has 0 fully saturated rings. The van der Waals surface area contributed by atoms with Crippen molar-refractivity contribution in [2.24, 2.45) is 7.05 Å². The van der Waals surface area contributed by atoms with E-state index < -0.39 is 5.97 Å². The predicted molar refractivity (Wildman–Crippen MR) is 91.5 cm³/mol. The van der Waals surface area contributed by atoms with Gasteiger partial charge in [0.15, 0.2) is 23.0 Å². The predicted octanol–water partition coefficient (Wildman–Crippen LogP) is 1.56. The molecule has 0 saturated carbocycles. The third-order valence-electron chi connectivity index (χ3n) is 3.91. The summed E-state index contributed by atoms with van der Waals surface area (Å²) in [5.74, 6) is 1.18. The zero-order chi connectivity index (χ0) is 18.8. The van der Waals surface area contributed by atoms with Crippen LogP contribution < -0.4 is 15.0 Å². The first-order valence-electron chi connectivity index (χ1n) is 8.17. The van der Waals surface area contributed by atoms with Crippen molar-refractivity contribution in [2.75, 3.05) is 13.2 Å². The molecule has 27 heavy (non-hydrogen) atoms. The van der Waals surface area contributed by atoms with E-state index >= 15 is 0 Å². The summed E-state index contributed by atoms with van der Waals surface area (Å²) in [6.07, 6.45) is 0. The van der Waals surface area contributed by atoms with Crippen molar-refractivity contribution < 1.29 is 23.5 Å². The lowest BCUT2D eigenvalue weighted by molar-refractivity contribution is 0.0454. The van der Waals surface area contributed by atoms with Crippen molar-refractivity contribution in [3.05, 3.63) is 58.1 Å². The van der Waals surface area contributed by atoms with E-state index in [9.17, 15) is 9.59 Å². The lowest BCUT2D eigenvalue weighted by Crippen LogP contribution is -2.21. The van der Waals surface area contributed by atoms with E-state index in [2.05, 4.69) is 10.3 Å². The van der Waals surface area contributed by atoms with Gasteiger partial charge in [-0.3, -0.25) is 4.79 Å². The summed E-state index contributed by atoms with van der Waals surface area (Å²) in [5.41, 5.74) is 0.932. The van der Waals surface area contributed by atoms with E-state index in [0.717, 1.165) is 10.2 Å². The van der Waals surface area contributed by atoms with Crippen molar-refractivity contribution in [3.63, 3.8) is 0 Å². The third-order valence-corrected chi connectivity index (χ3v) is 3.91. The number of carbonyl (C=O) groups excluding carboxylic acids is 1. The molecule has 3 heterocycles. The van der Waals surface area contributed by atoms with Gasteiger partial charge in [-0.15, -0.1) is 0 Å². The van der Waals surface area contributed by atoms with E-state index in [1.54, 1.807) is 18.2 Å². The van der Waals surface area contributed by atoms with Crippen LogP contribution in [0.3, 0.4) is 0 Å². The smallest absolute Gasteiger partial charge is 0.359 e. The fourth-order valence-electron chi connectivity index (χ4n) is 2.54. The zero-order valence-corrected chi connectivity index (χ0v) is 14.4. The maximum absolute atomic E-state index is 12.0. The van der Waals surface area contributed by atoms with Gasteiger partial charge >= 0.3 is 5.97 Å². The van der Waals surface area contributed by atoms with Crippen LogP contribution in [0.25, 0.3) is 11.3 Å². The minimum absolute atomic E-state index is 0.0349. The number of ether oxygens (including phenoxy) is 3. The topological polar surface area (TPSA) is 106 Å². The molecule has 9 heteroatoms. The first-order valence-corrected chi connectivity index (χ1v) is 8.17. The Kier molecular flexibility index (Phi) is 4.33. The maximum atomic E-state index is 12.0. The van der Waals surface area contributed by atoms with Gasteiger partial charge in [0.2, 0.25) is 0 Å². The summed E-state index contributed by atoms with van der Waals surface area (Å²) in [6.45, 7) is 0.930. The number of hydrogen-bond acceptors (Lipinski definition) is 8. The van der Waals surface area contributed by atoms with Gasteiger partial charge in [-0.05, 0) is 24.3 Å². The van der Waals surface area contributed by atoms with Crippen LogP contribution in [-0.4, -0.2) is 34.1 Å². The molecule has 3 aromatic rings. The minimum Gasteiger partial charge on any atom is -0.486 e. The lowest BCUT2D eigenvalue weighted by Gasteiger charge is -2.18. The number of aryl methyl sites for hydroxylation is 1. The molecule has 9 nitrogen and oxygen atoms in total. The van der Waals surface area contributed by atoms with Crippen molar-refractivity contribution in [1.29, 1.82) is 0 Å². The molecule has 2 aromatic heterocycles. The van der Waals surface area contributed by atoms with Crippen LogP contribution in [0.5, 0.6) is 11.5 Å². The third kappa shape index (κ3) is 3.52. The standard InChI is InChI=1S/C18H15N3O6/c1-21-17(22)5-3-13(19-21)18(23)26-10-12-9-15(27-20-12)11-2-4-14-16(8-11)25-7-6-24-14/h2-5,8-9H,6-7,10H2,1H3. The average Bonchev–Trinajstić information content (AvgIpc) is 3.17. The van der Waals surface area contributed by atoms with Gasteiger partial charge in [-0.2, -0.15) is 5.10 Å². The highest BCUT2D eigenvalue weighted by molar-refractivity contribution is 5.86. The van der Waals surface area contributed by atoms with Gasteiger partial charge < -0.3 is 18.7 Å². The van der Waals surface area contributed by atoms with Gasteiger partial charge in [-0.25, -0.2) is 9.48 Å². The Bertz CT molecular complexity index is 1060. The highest BCUT2D eigenvalue weighted by Crippen LogP contribution is 2.34. The molecule has 0 atom stereocenters. The molecule has 0 N–H and O–H groups in total. The number of aromatic nitrogens is 3. The summed E-state index contributed by atoms with van der Waals surface area (Å²) in [5, 5.41) is 7.74. The van der Waals surface area contributed by atoms with E-state index in [1.807, 2.05) is 6.07 Å². The molecular formula is C18H15N3O6. The average molecular weight is 369 g/mol. The van der Waals surface area contributed by atoms with Crippen LogP contribution in [0, 0.1) is 0 Å². The molecule has 1 aliphatic rings. The van der Waals surface area contributed by atoms with Gasteiger partial charge in [0.25, 0.3) is 5.56 Å². The lowest BCUT2D eigenvalue weighted by atomic mass is 10.1. The van der Waals surface area contributed by atoms with Crippen LogP contribution >= 0.6 is 0 Å². The van der Waals surface area contributed by atoms with Crippen molar-refractivity contribution in [2.45, 2.75) is 6.61 Å². The van der Waals surface area contributed by atoms with E-state index in [1.165, 1.54) is 19.2 Å². The van der Waals surface area contributed by atoms with Gasteiger partial charge in [-0.1, -0.05) is 5.16 Å². The van der Waals surface area contributed by atoms with Crippen molar-refractivity contribution in [3.8, 4) is 22.8 Å². The second kappa shape index (κ2) is 6.94. The Morgan fingerprint density at radius 1 is 1.15 bits per heavy atom. The molecule has 0 radical (unpaired) electrons. The molecule has 0 amide bonds.